The molecule has 4 aromatic carbocycles. The van der Waals surface area contributed by atoms with Crippen LogP contribution in [0.2, 0.25) is 0 Å². The Balaban J connectivity index is 0.00000392. The van der Waals surface area contributed by atoms with Crippen LogP contribution in [0.3, 0.4) is 0 Å². The second-order valence-electron chi connectivity index (χ2n) is 10.6. The van der Waals surface area contributed by atoms with Crippen LogP contribution in [-0.2, 0) is 28.5 Å². The predicted octanol–water partition coefficient (Wildman–Crippen LogP) is 9.21. The van der Waals surface area contributed by atoms with Crippen LogP contribution in [0.4, 0.5) is 9.59 Å². The van der Waals surface area contributed by atoms with Crippen LogP contribution in [0.15, 0.2) is 110 Å². The van der Waals surface area contributed by atoms with Gasteiger partial charge in [-0.2, -0.15) is 0 Å². The van der Waals surface area contributed by atoms with Crippen molar-refractivity contribution >= 4 is 36.2 Å². The SMILES string of the molecule is C.C.C.C.C=CC(=O)OCOC(=O)Oc1ccc(C(=O)Oc2ccc3c(c2)C(C)c2cc(OC(=O)c4ccc(OC(=O)OCOC(=O)C=C)cc4)ccc2-3)cc1. The summed E-state index contributed by atoms with van der Waals surface area (Å²) in [6, 6.07) is 21.7. The first-order valence-corrected chi connectivity index (χ1v) is 15.2. The molecular formula is C42H44O14. The molecule has 0 radical (unpaired) electrons. The molecule has 0 aromatic heterocycles. The Morgan fingerprint density at radius 3 is 1.18 bits per heavy atom. The van der Waals surface area contributed by atoms with Crippen LogP contribution in [0.25, 0.3) is 11.1 Å². The maximum absolute atomic E-state index is 12.9. The molecule has 0 bridgehead atoms. The molecule has 14 nitrogen and oxygen atoms in total. The lowest BCUT2D eigenvalue weighted by Crippen LogP contribution is -2.15. The van der Waals surface area contributed by atoms with Crippen molar-refractivity contribution in [2.75, 3.05) is 13.6 Å². The summed E-state index contributed by atoms with van der Waals surface area (Å²) < 4.78 is 39.5. The summed E-state index contributed by atoms with van der Waals surface area (Å²) >= 11 is 0. The van der Waals surface area contributed by atoms with Crippen LogP contribution in [0, 0.1) is 0 Å². The normalized spacial score (nSPS) is 10.3. The van der Waals surface area contributed by atoms with Gasteiger partial charge in [-0.15, -0.1) is 0 Å². The molecule has 5 rings (SSSR count). The summed E-state index contributed by atoms with van der Waals surface area (Å²) in [6.45, 7) is 7.12. The van der Waals surface area contributed by atoms with Crippen molar-refractivity contribution in [2.45, 2.75) is 42.5 Å². The van der Waals surface area contributed by atoms with Gasteiger partial charge in [-0.1, -0.05) is 61.9 Å². The number of rotatable bonds is 12. The lowest BCUT2D eigenvalue weighted by molar-refractivity contribution is -0.147. The van der Waals surface area contributed by atoms with Crippen molar-refractivity contribution in [2.24, 2.45) is 0 Å². The molecule has 0 N–H and O–H groups in total. The smallest absolute Gasteiger partial charge is 0.425 e. The highest BCUT2D eigenvalue weighted by Gasteiger charge is 2.27. The number of hydrogen-bond donors (Lipinski definition) is 0. The zero-order valence-corrected chi connectivity index (χ0v) is 27.4. The Hall–Kier alpha value is -7.22. The number of ether oxygens (including phenoxy) is 8. The van der Waals surface area contributed by atoms with E-state index in [1.165, 1.54) is 48.5 Å². The van der Waals surface area contributed by atoms with Gasteiger partial charge in [-0.05, 0) is 95.1 Å². The summed E-state index contributed by atoms with van der Waals surface area (Å²) in [7, 11) is 0. The van der Waals surface area contributed by atoms with Crippen LogP contribution in [0.1, 0.15) is 74.4 Å². The average Bonchev–Trinajstić information content (AvgIpc) is 3.41. The molecular weight excluding hydrogens is 728 g/mol. The predicted molar refractivity (Wildman–Crippen MR) is 206 cm³/mol. The summed E-state index contributed by atoms with van der Waals surface area (Å²) in [5, 5.41) is 0. The van der Waals surface area contributed by atoms with Crippen LogP contribution < -0.4 is 18.9 Å². The van der Waals surface area contributed by atoms with Crippen molar-refractivity contribution in [1.82, 2.24) is 0 Å². The third-order valence-electron chi connectivity index (χ3n) is 7.36. The molecule has 0 unspecified atom stereocenters. The first-order valence-electron chi connectivity index (χ1n) is 15.2. The number of benzene rings is 4. The summed E-state index contributed by atoms with van der Waals surface area (Å²) in [4.78, 5) is 71.2. The largest absolute Gasteiger partial charge is 0.516 e. The first-order chi connectivity index (χ1) is 25.0. The zero-order valence-electron chi connectivity index (χ0n) is 27.4. The number of hydrogen-bond acceptors (Lipinski definition) is 14. The molecule has 0 amide bonds. The quantitative estimate of drug-likeness (QED) is 0.0438. The molecule has 0 spiro atoms. The van der Waals surface area contributed by atoms with Crippen molar-refractivity contribution in [3.8, 4) is 34.1 Å². The molecule has 1 aliphatic carbocycles. The van der Waals surface area contributed by atoms with Crippen LogP contribution >= 0.6 is 0 Å². The second-order valence-corrected chi connectivity index (χ2v) is 10.6. The van der Waals surface area contributed by atoms with Crippen LogP contribution in [0.5, 0.6) is 23.0 Å². The Bertz CT molecular complexity index is 1900. The van der Waals surface area contributed by atoms with E-state index in [4.69, 9.17) is 18.9 Å². The lowest BCUT2D eigenvalue weighted by atomic mass is 9.99. The molecule has 0 fully saturated rings. The van der Waals surface area contributed by atoms with Crippen molar-refractivity contribution in [1.29, 1.82) is 0 Å². The van der Waals surface area contributed by atoms with E-state index in [2.05, 4.69) is 32.1 Å². The zero-order chi connectivity index (χ0) is 37.2. The second kappa shape index (κ2) is 21.5. The van der Waals surface area contributed by atoms with Gasteiger partial charge in [0, 0.05) is 18.1 Å². The molecule has 0 aliphatic heterocycles. The maximum Gasteiger partial charge on any atom is 0.516 e. The molecule has 0 heterocycles. The van der Waals surface area contributed by atoms with Gasteiger partial charge in [-0.25, -0.2) is 28.8 Å². The Morgan fingerprint density at radius 2 is 0.839 bits per heavy atom. The summed E-state index contributed by atoms with van der Waals surface area (Å²) in [6.07, 6.45) is -0.399. The standard InChI is InChI=1S/C38H28O14.4CH4/c1-4-33(39)45-20-47-37(43)51-25-10-6-23(7-11-25)35(41)49-27-14-16-29-30-17-15-28(19-32(30)22(3)31(29)18-27)50-36(42)24-8-12-26(13-9-24)52-38(44)48-21-46-34(40)5-2;;;;/h4-19,22H,1-2,20-21H2,3H3;4*1H4. The third kappa shape index (κ3) is 11.9. The lowest BCUT2D eigenvalue weighted by Gasteiger charge is -2.10. The highest BCUT2D eigenvalue weighted by atomic mass is 16.8. The Morgan fingerprint density at radius 1 is 0.500 bits per heavy atom. The van der Waals surface area contributed by atoms with Gasteiger partial charge in [0.15, 0.2) is 0 Å². The Kier molecular flexibility index (Phi) is 17.9. The van der Waals surface area contributed by atoms with E-state index in [9.17, 15) is 28.8 Å². The molecule has 0 atom stereocenters. The maximum atomic E-state index is 12.9. The average molecular weight is 773 g/mol. The van der Waals surface area contributed by atoms with Gasteiger partial charge in [0.1, 0.15) is 23.0 Å². The topological polar surface area (TPSA) is 176 Å². The molecule has 0 saturated heterocycles. The fourth-order valence-corrected chi connectivity index (χ4v) is 4.87. The van der Waals surface area contributed by atoms with E-state index < -0.39 is 49.8 Å². The fraction of sp³-hybridized carbons (Fsp3) is 0.190. The number of fused-ring (bicyclic) bond motifs is 3. The first kappa shape index (κ1) is 46.8. The van der Waals surface area contributed by atoms with Crippen molar-refractivity contribution in [3.63, 3.8) is 0 Å². The monoisotopic (exact) mass is 772 g/mol. The minimum absolute atomic E-state index is 0. The molecule has 56 heavy (non-hydrogen) atoms. The van der Waals surface area contributed by atoms with E-state index in [-0.39, 0.29) is 58.3 Å². The van der Waals surface area contributed by atoms with Crippen LogP contribution in [-0.4, -0.2) is 49.8 Å². The highest BCUT2D eigenvalue weighted by molar-refractivity contribution is 5.92. The van der Waals surface area contributed by atoms with Gasteiger partial charge in [0.2, 0.25) is 13.6 Å². The Labute approximate surface area is 325 Å². The summed E-state index contributed by atoms with van der Waals surface area (Å²) in [5.74, 6) is -2.16. The number of carbonyl (C=O) groups excluding carboxylic acids is 6. The third-order valence-corrected chi connectivity index (χ3v) is 7.36. The van der Waals surface area contributed by atoms with Crippen molar-refractivity contribution in [3.05, 3.63) is 132 Å². The summed E-state index contributed by atoms with van der Waals surface area (Å²) in [5.41, 5.74) is 4.05. The highest BCUT2D eigenvalue weighted by Crippen LogP contribution is 2.47. The van der Waals surface area contributed by atoms with E-state index in [1.54, 1.807) is 24.3 Å². The van der Waals surface area contributed by atoms with Gasteiger partial charge >= 0.3 is 36.2 Å². The fourth-order valence-electron chi connectivity index (χ4n) is 4.87. The van der Waals surface area contributed by atoms with Crippen molar-refractivity contribution < 1.29 is 66.7 Å². The number of esters is 4. The van der Waals surface area contributed by atoms with Gasteiger partial charge in [-0.3, -0.25) is 0 Å². The molecule has 296 valence electrons. The van der Waals surface area contributed by atoms with Gasteiger partial charge in [0.05, 0.1) is 11.1 Å². The van der Waals surface area contributed by atoms with E-state index in [1.807, 2.05) is 19.1 Å². The molecule has 14 heteroatoms. The minimum atomic E-state index is -1.11. The van der Waals surface area contributed by atoms with E-state index >= 15 is 0 Å². The minimum Gasteiger partial charge on any atom is -0.425 e. The van der Waals surface area contributed by atoms with Gasteiger partial charge in [0.25, 0.3) is 0 Å². The number of carbonyl (C=O) groups is 6. The van der Waals surface area contributed by atoms with Gasteiger partial charge < -0.3 is 37.9 Å². The molecule has 0 saturated carbocycles. The van der Waals surface area contributed by atoms with E-state index in [0.29, 0.717) is 11.5 Å². The van der Waals surface area contributed by atoms with E-state index in [0.717, 1.165) is 34.4 Å². The molecule has 1 aliphatic rings. The molecule has 4 aromatic rings.